The number of carbonyl (C=O) groups is 3. The monoisotopic (exact) mass is 478 g/mol. The van der Waals surface area contributed by atoms with Gasteiger partial charge in [-0.3, -0.25) is 14.4 Å². The van der Waals surface area contributed by atoms with Crippen molar-refractivity contribution in [3.8, 4) is 0 Å². The minimum Gasteiger partial charge on any atom is -0.355 e. The second kappa shape index (κ2) is 8.52. The number of likely N-dealkylation sites (tertiary alicyclic amines) is 1. The van der Waals surface area contributed by atoms with Gasteiger partial charge in [0.15, 0.2) is 0 Å². The third kappa shape index (κ3) is 3.73. The van der Waals surface area contributed by atoms with Crippen LogP contribution in [0.15, 0.2) is 30.3 Å². The number of piperidine rings is 1. The van der Waals surface area contributed by atoms with Crippen LogP contribution in [-0.2, 0) is 14.4 Å². The molecule has 188 valence electrons. The van der Waals surface area contributed by atoms with Crippen molar-refractivity contribution in [2.75, 3.05) is 37.7 Å². The molecule has 0 radical (unpaired) electrons. The van der Waals surface area contributed by atoms with Gasteiger partial charge in [-0.05, 0) is 88.2 Å². The zero-order valence-corrected chi connectivity index (χ0v) is 20.9. The number of likely N-dealkylation sites (N-methyl/N-ethyl adjacent to an activating group) is 1. The molecule has 35 heavy (non-hydrogen) atoms. The van der Waals surface area contributed by atoms with E-state index in [0.717, 1.165) is 42.7 Å². The molecule has 0 atom stereocenters. The molecule has 3 amide bonds. The van der Waals surface area contributed by atoms with Crippen molar-refractivity contribution in [1.29, 1.82) is 0 Å². The number of anilines is 1. The van der Waals surface area contributed by atoms with E-state index < -0.39 is 5.54 Å². The maximum Gasteiger partial charge on any atom is 0.250 e. The molecule has 1 aromatic carbocycles. The first kappa shape index (κ1) is 22.9. The molecule has 7 nitrogen and oxygen atoms in total. The number of para-hydroxylation sites is 1. The normalized spacial score (nSPS) is 33.0. The zero-order valence-electron chi connectivity index (χ0n) is 20.9. The first-order valence-electron chi connectivity index (χ1n) is 13.6. The van der Waals surface area contributed by atoms with Crippen LogP contribution in [0.3, 0.4) is 0 Å². The molecule has 7 heteroatoms. The molecule has 7 rings (SSSR count). The summed E-state index contributed by atoms with van der Waals surface area (Å²) < 4.78 is 0. The highest BCUT2D eigenvalue weighted by Crippen LogP contribution is 2.60. The fraction of sp³-hybridized carbons (Fsp3) is 0.679. The Morgan fingerprint density at radius 2 is 1.57 bits per heavy atom. The second-order valence-corrected chi connectivity index (χ2v) is 11.9. The third-order valence-electron chi connectivity index (χ3n) is 9.66. The summed E-state index contributed by atoms with van der Waals surface area (Å²) in [6.07, 6.45) is 8.46. The third-order valence-corrected chi connectivity index (χ3v) is 9.66. The summed E-state index contributed by atoms with van der Waals surface area (Å²) in [6.45, 7) is 4.15. The molecule has 1 spiro atoms. The first-order chi connectivity index (χ1) is 16.9. The van der Waals surface area contributed by atoms with Gasteiger partial charge in [0.2, 0.25) is 11.8 Å². The zero-order chi connectivity index (χ0) is 24.2. The van der Waals surface area contributed by atoms with Crippen molar-refractivity contribution in [2.45, 2.75) is 63.8 Å². The summed E-state index contributed by atoms with van der Waals surface area (Å²) in [4.78, 5) is 46.0. The Balaban J connectivity index is 1.21. The van der Waals surface area contributed by atoms with E-state index in [1.807, 2.05) is 37.3 Å². The van der Waals surface area contributed by atoms with Crippen LogP contribution in [0.25, 0.3) is 0 Å². The van der Waals surface area contributed by atoms with Crippen LogP contribution in [0.1, 0.15) is 58.3 Å². The molecule has 4 saturated carbocycles. The van der Waals surface area contributed by atoms with Gasteiger partial charge in [-0.25, -0.2) is 0 Å². The van der Waals surface area contributed by atoms with E-state index in [4.69, 9.17) is 0 Å². The van der Waals surface area contributed by atoms with Gasteiger partial charge in [0.25, 0.3) is 5.91 Å². The van der Waals surface area contributed by atoms with Gasteiger partial charge in [0.1, 0.15) is 12.1 Å². The summed E-state index contributed by atoms with van der Waals surface area (Å²) in [5.41, 5.74) is 0.175. The lowest BCUT2D eigenvalue weighted by atomic mass is 9.49. The number of carbonyl (C=O) groups excluding carboxylic acids is 3. The van der Waals surface area contributed by atoms with Crippen LogP contribution < -0.4 is 10.2 Å². The first-order valence-corrected chi connectivity index (χ1v) is 13.6. The molecule has 4 bridgehead atoms. The largest absolute Gasteiger partial charge is 0.355 e. The van der Waals surface area contributed by atoms with Gasteiger partial charge in [-0.2, -0.15) is 0 Å². The van der Waals surface area contributed by atoms with E-state index >= 15 is 0 Å². The molecule has 0 aromatic heterocycles. The number of rotatable bonds is 5. The Labute approximate surface area is 208 Å². The number of amides is 3. The Morgan fingerprint density at radius 1 is 0.971 bits per heavy atom. The van der Waals surface area contributed by atoms with E-state index in [9.17, 15) is 14.4 Å². The Kier molecular flexibility index (Phi) is 5.57. The smallest absolute Gasteiger partial charge is 0.250 e. The average Bonchev–Trinajstić information content (AvgIpc) is 3.10. The minimum atomic E-state index is -0.688. The fourth-order valence-corrected chi connectivity index (χ4v) is 8.54. The van der Waals surface area contributed by atoms with Crippen molar-refractivity contribution >= 4 is 23.4 Å². The van der Waals surface area contributed by atoms with E-state index in [-0.39, 0.29) is 23.8 Å². The predicted octanol–water partition coefficient (Wildman–Crippen LogP) is 3.01. The quantitative estimate of drug-likeness (QED) is 0.706. The topological polar surface area (TPSA) is 73.0 Å². The number of hydrogen-bond acceptors (Lipinski definition) is 4. The SMILES string of the molecule is CCNC(=O)CN1CN(c2ccccc2)C2(CCN(C(=O)C34CC5CC(CC(C5)C3)C4)CC2)C1=O. The van der Waals surface area contributed by atoms with Crippen molar-refractivity contribution in [1.82, 2.24) is 15.1 Å². The number of hydrogen-bond donors (Lipinski definition) is 1. The molecular weight excluding hydrogens is 440 g/mol. The highest BCUT2D eigenvalue weighted by Gasteiger charge is 2.58. The highest BCUT2D eigenvalue weighted by molar-refractivity contribution is 5.96. The van der Waals surface area contributed by atoms with E-state index in [1.165, 1.54) is 19.3 Å². The van der Waals surface area contributed by atoms with Crippen LogP contribution in [0.4, 0.5) is 5.69 Å². The van der Waals surface area contributed by atoms with Gasteiger partial charge in [-0.15, -0.1) is 0 Å². The number of nitrogens with zero attached hydrogens (tertiary/aromatic N) is 3. The van der Waals surface area contributed by atoms with Crippen LogP contribution in [0.5, 0.6) is 0 Å². The summed E-state index contributed by atoms with van der Waals surface area (Å²) in [6, 6.07) is 10.0. The summed E-state index contributed by atoms with van der Waals surface area (Å²) in [5, 5.41) is 2.82. The lowest BCUT2D eigenvalue weighted by molar-refractivity contribution is -0.160. The van der Waals surface area contributed by atoms with Crippen molar-refractivity contribution in [2.24, 2.45) is 23.2 Å². The Hall–Kier alpha value is -2.57. The maximum atomic E-state index is 13.9. The molecule has 1 aromatic rings. The molecule has 1 N–H and O–H groups in total. The van der Waals surface area contributed by atoms with Gasteiger partial charge < -0.3 is 20.0 Å². The van der Waals surface area contributed by atoms with Gasteiger partial charge in [-0.1, -0.05) is 18.2 Å². The van der Waals surface area contributed by atoms with Crippen molar-refractivity contribution < 1.29 is 14.4 Å². The lowest BCUT2D eigenvalue weighted by Gasteiger charge is -2.57. The Bertz CT molecular complexity index is 965. The van der Waals surface area contributed by atoms with Gasteiger partial charge in [0, 0.05) is 25.3 Å². The molecule has 6 aliphatic rings. The molecule has 4 aliphatic carbocycles. The van der Waals surface area contributed by atoms with E-state index in [2.05, 4.69) is 15.1 Å². The highest BCUT2D eigenvalue weighted by atomic mass is 16.2. The van der Waals surface area contributed by atoms with Crippen molar-refractivity contribution in [3.63, 3.8) is 0 Å². The summed E-state index contributed by atoms with van der Waals surface area (Å²) >= 11 is 0. The fourth-order valence-electron chi connectivity index (χ4n) is 8.54. The Morgan fingerprint density at radius 3 is 2.14 bits per heavy atom. The summed E-state index contributed by atoms with van der Waals surface area (Å²) in [5.74, 6) is 2.50. The standard InChI is InChI=1S/C28H38N4O3/c1-2-29-24(33)18-31-19-32(23-6-4-3-5-7-23)28(26(31)35)8-10-30(11-9-28)25(34)27-15-20-12-21(16-27)14-22(13-20)17-27/h3-7,20-22H,2,8-19H2,1H3,(H,29,33). The van der Waals surface area contributed by atoms with Gasteiger partial charge >= 0.3 is 0 Å². The molecule has 2 saturated heterocycles. The molecule has 2 aliphatic heterocycles. The van der Waals surface area contributed by atoms with Crippen LogP contribution in [-0.4, -0.2) is 65.9 Å². The maximum absolute atomic E-state index is 13.9. The number of nitrogens with one attached hydrogen (secondary N) is 1. The molecular formula is C28H38N4O3. The average molecular weight is 479 g/mol. The molecule has 6 fully saturated rings. The predicted molar refractivity (Wildman–Crippen MR) is 133 cm³/mol. The van der Waals surface area contributed by atoms with E-state index in [1.54, 1.807) is 4.90 Å². The number of benzene rings is 1. The molecule has 2 heterocycles. The second-order valence-electron chi connectivity index (χ2n) is 11.9. The van der Waals surface area contributed by atoms with Gasteiger partial charge in [0.05, 0.1) is 12.1 Å². The van der Waals surface area contributed by atoms with Crippen molar-refractivity contribution in [3.05, 3.63) is 30.3 Å². The molecule has 0 unspecified atom stereocenters. The minimum absolute atomic E-state index is 0.0227. The van der Waals surface area contributed by atoms with Crippen LogP contribution >= 0.6 is 0 Å². The van der Waals surface area contributed by atoms with E-state index in [0.29, 0.717) is 45.1 Å². The van der Waals surface area contributed by atoms with Crippen LogP contribution in [0, 0.1) is 23.2 Å². The van der Waals surface area contributed by atoms with Crippen LogP contribution in [0.2, 0.25) is 0 Å². The summed E-state index contributed by atoms with van der Waals surface area (Å²) in [7, 11) is 0. The lowest BCUT2D eigenvalue weighted by Crippen LogP contribution is -2.61.